The normalized spacial score (nSPS) is 12.9. The first-order chi connectivity index (χ1) is 15.8. The van der Waals surface area contributed by atoms with E-state index in [0.29, 0.717) is 13.0 Å². The number of nitrogens with one attached hydrogen (secondary N) is 1. The summed E-state index contributed by atoms with van der Waals surface area (Å²) in [6.07, 6.45) is 0.479. The molecule has 8 heteroatoms. The summed E-state index contributed by atoms with van der Waals surface area (Å²) in [5.41, 5.74) is 1.59. The first-order valence-corrected chi connectivity index (χ1v) is 12.9. The average molecular weight is 488 g/mol. The maximum atomic E-state index is 13.2. The van der Waals surface area contributed by atoms with Gasteiger partial charge < -0.3 is 10.2 Å². The quantitative estimate of drug-likeness (QED) is 0.553. The highest BCUT2D eigenvalue weighted by Crippen LogP contribution is 2.17. The zero-order valence-electron chi connectivity index (χ0n) is 21.0. The summed E-state index contributed by atoms with van der Waals surface area (Å²) in [6.45, 7) is 9.89. The number of benzene rings is 2. The molecule has 0 saturated heterocycles. The van der Waals surface area contributed by atoms with Crippen LogP contribution < -0.4 is 5.32 Å². The summed E-state index contributed by atoms with van der Waals surface area (Å²) < 4.78 is 26.7. The van der Waals surface area contributed by atoms with Crippen molar-refractivity contribution in [2.75, 3.05) is 13.6 Å². The molecule has 2 aromatic rings. The summed E-state index contributed by atoms with van der Waals surface area (Å²) in [7, 11) is -2.11. The van der Waals surface area contributed by atoms with E-state index >= 15 is 0 Å². The van der Waals surface area contributed by atoms with E-state index in [1.165, 1.54) is 11.4 Å². The topological polar surface area (TPSA) is 86.8 Å². The Kier molecular flexibility index (Phi) is 9.41. The lowest BCUT2D eigenvalue weighted by molar-refractivity contribution is -0.141. The van der Waals surface area contributed by atoms with Crippen LogP contribution in [0.5, 0.6) is 0 Å². The summed E-state index contributed by atoms with van der Waals surface area (Å²) in [4.78, 5) is 27.9. The molecule has 0 saturated carbocycles. The van der Waals surface area contributed by atoms with Crippen LogP contribution in [-0.4, -0.2) is 54.6 Å². The summed E-state index contributed by atoms with van der Waals surface area (Å²) in [6, 6.07) is 15.4. The molecule has 2 rings (SSSR count). The maximum absolute atomic E-state index is 13.2. The van der Waals surface area contributed by atoms with Crippen molar-refractivity contribution >= 4 is 21.8 Å². The van der Waals surface area contributed by atoms with Gasteiger partial charge in [-0.1, -0.05) is 48.0 Å². The molecule has 1 N–H and O–H groups in total. The van der Waals surface area contributed by atoms with Crippen LogP contribution in [0.25, 0.3) is 0 Å². The van der Waals surface area contributed by atoms with E-state index in [1.807, 2.05) is 52.0 Å². The molecule has 0 aliphatic rings. The molecule has 2 aromatic carbocycles. The minimum atomic E-state index is -3.62. The van der Waals surface area contributed by atoms with E-state index in [0.717, 1.165) is 11.1 Å². The van der Waals surface area contributed by atoms with E-state index in [-0.39, 0.29) is 29.7 Å². The van der Waals surface area contributed by atoms with Crippen molar-refractivity contribution in [1.82, 2.24) is 14.5 Å². The molecule has 0 spiro atoms. The SMILES string of the molecule is Cc1cccc(CN(C(=O)CCCN(C)S(=O)(=O)c2ccccc2)[C@H](C)C(=O)NC(C)(C)C)c1. The van der Waals surface area contributed by atoms with Crippen LogP contribution in [0.2, 0.25) is 0 Å². The van der Waals surface area contributed by atoms with E-state index in [9.17, 15) is 18.0 Å². The van der Waals surface area contributed by atoms with Crippen molar-refractivity contribution in [3.63, 3.8) is 0 Å². The van der Waals surface area contributed by atoms with Gasteiger partial charge in [-0.3, -0.25) is 9.59 Å². The Hall–Kier alpha value is -2.71. The largest absolute Gasteiger partial charge is 0.350 e. The number of aryl methyl sites for hydroxylation is 1. The van der Waals surface area contributed by atoms with Gasteiger partial charge in [0.2, 0.25) is 21.8 Å². The third kappa shape index (κ3) is 7.95. The molecule has 1 atom stereocenters. The van der Waals surface area contributed by atoms with E-state index in [2.05, 4.69) is 5.32 Å². The molecular weight excluding hydrogens is 450 g/mol. The molecule has 2 amide bonds. The van der Waals surface area contributed by atoms with E-state index in [4.69, 9.17) is 0 Å². The lowest BCUT2D eigenvalue weighted by Crippen LogP contribution is -2.52. The second-order valence-electron chi connectivity index (χ2n) is 9.67. The summed E-state index contributed by atoms with van der Waals surface area (Å²) in [5.74, 6) is -0.416. The Morgan fingerprint density at radius 2 is 1.68 bits per heavy atom. The van der Waals surface area contributed by atoms with Gasteiger partial charge in [-0.25, -0.2) is 12.7 Å². The number of carbonyl (C=O) groups is 2. The van der Waals surface area contributed by atoms with Gasteiger partial charge >= 0.3 is 0 Å². The third-order valence-electron chi connectivity index (χ3n) is 5.42. The maximum Gasteiger partial charge on any atom is 0.242 e. The van der Waals surface area contributed by atoms with Crippen LogP contribution >= 0.6 is 0 Å². The predicted octanol–water partition coefficient (Wildman–Crippen LogP) is 3.73. The first-order valence-electron chi connectivity index (χ1n) is 11.5. The Morgan fingerprint density at radius 1 is 1.03 bits per heavy atom. The molecule has 34 heavy (non-hydrogen) atoms. The molecule has 0 aliphatic carbocycles. The van der Waals surface area contributed by atoms with Crippen molar-refractivity contribution in [3.05, 3.63) is 65.7 Å². The third-order valence-corrected chi connectivity index (χ3v) is 7.29. The van der Waals surface area contributed by atoms with Gasteiger partial charge in [0.05, 0.1) is 4.90 Å². The smallest absolute Gasteiger partial charge is 0.242 e. The standard InChI is InChI=1S/C26H37N3O4S/c1-20-12-10-13-22(18-20)19-29(21(2)25(31)27-26(3,4)5)24(30)16-11-17-28(6)34(32,33)23-14-8-7-9-15-23/h7-10,12-15,18,21H,11,16-17,19H2,1-6H3,(H,27,31)/t21-/m1/s1. The molecular formula is C26H37N3O4S. The fraction of sp³-hybridized carbons (Fsp3) is 0.462. The van der Waals surface area contributed by atoms with Crippen LogP contribution in [-0.2, 0) is 26.2 Å². The predicted molar refractivity (Wildman–Crippen MR) is 135 cm³/mol. The molecule has 186 valence electrons. The van der Waals surface area contributed by atoms with Crippen molar-refractivity contribution < 1.29 is 18.0 Å². The molecule has 0 radical (unpaired) electrons. The lowest BCUT2D eigenvalue weighted by Gasteiger charge is -2.31. The Balaban J connectivity index is 2.10. The van der Waals surface area contributed by atoms with Gasteiger partial charge in [0.1, 0.15) is 6.04 Å². The molecule has 0 aromatic heterocycles. The van der Waals surface area contributed by atoms with Crippen LogP contribution in [0.3, 0.4) is 0 Å². The van der Waals surface area contributed by atoms with Crippen LogP contribution in [0.4, 0.5) is 0 Å². The van der Waals surface area contributed by atoms with Crippen molar-refractivity contribution in [1.29, 1.82) is 0 Å². The monoisotopic (exact) mass is 487 g/mol. The average Bonchev–Trinajstić information content (AvgIpc) is 2.76. The van der Waals surface area contributed by atoms with E-state index < -0.39 is 21.6 Å². The highest BCUT2D eigenvalue weighted by Gasteiger charge is 2.28. The fourth-order valence-electron chi connectivity index (χ4n) is 3.55. The highest BCUT2D eigenvalue weighted by atomic mass is 32.2. The molecule has 0 unspecified atom stereocenters. The van der Waals surface area contributed by atoms with Gasteiger partial charge in [-0.05, 0) is 58.7 Å². The second-order valence-corrected chi connectivity index (χ2v) is 11.7. The number of amides is 2. The Bertz CT molecular complexity index is 1080. The number of sulfonamides is 1. The zero-order valence-corrected chi connectivity index (χ0v) is 21.9. The van der Waals surface area contributed by atoms with Gasteiger partial charge in [-0.15, -0.1) is 0 Å². The summed E-state index contributed by atoms with van der Waals surface area (Å²) >= 11 is 0. The lowest BCUT2D eigenvalue weighted by atomic mass is 10.1. The molecule has 0 aliphatic heterocycles. The number of rotatable bonds is 10. The van der Waals surface area contributed by atoms with Crippen molar-refractivity contribution in [2.45, 2.75) is 70.5 Å². The minimum absolute atomic E-state index is 0.133. The second kappa shape index (κ2) is 11.6. The van der Waals surface area contributed by atoms with Crippen LogP contribution in [0.15, 0.2) is 59.5 Å². The molecule has 0 fully saturated rings. The minimum Gasteiger partial charge on any atom is -0.350 e. The molecule has 0 heterocycles. The van der Waals surface area contributed by atoms with E-state index in [1.54, 1.807) is 42.2 Å². The number of hydrogen-bond donors (Lipinski definition) is 1. The highest BCUT2D eigenvalue weighted by molar-refractivity contribution is 7.89. The summed E-state index contributed by atoms with van der Waals surface area (Å²) in [5, 5.41) is 2.94. The molecule has 7 nitrogen and oxygen atoms in total. The van der Waals surface area contributed by atoms with Gasteiger partial charge in [-0.2, -0.15) is 0 Å². The van der Waals surface area contributed by atoms with Crippen molar-refractivity contribution in [3.8, 4) is 0 Å². The number of hydrogen-bond acceptors (Lipinski definition) is 4. The van der Waals surface area contributed by atoms with Crippen LogP contribution in [0.1, 0.15) is 51.7 Å². The first kappa shape index (κ1) is 27.5. The van der Waals surface area contributed by atoms with Crippen molar-refractivity contribution in [2.24, 2.45) is 0 Å². The molecule has 0 bridgehead atoms. The number of carbonyl (C=O) groups excluding carboxylic acids is 2. The Labute approximate surface area is 204 Å². The zero-order chi connectivity index (χ0) is 25.5. The fourth-order valence-corrected chi connectivity index (χ4v) is 4.78. The van der Waals surface area contributed by atoms with Crippen LogP contribution in [0, 0.1) is 6.92 Å². The van der Waals surface area contributed by atoms with Gasteiger partial charge in [0.15, 0.2) is 0 Å². The number of nitrogens with zero attached hydrogens (tertiary/aromatic N) is 2. The van der Waals surface area contributed by atoms with Gasteiger partial charge in [0.25, 0.3) is 0 Å². The van der Waals surface area contributed by atoms with Gasteiger partial charge in [0, 0.05) is 32.1 Å². The Morgan fingerprint density at radius 3 is 2.26 bits per heavy atom.